The summed E-state index contributed by atoms with van der Waals surface area (Å²) in [6, 6.07) is 1.92. The number of carbonyl (C=O) groups excluding carboxylic acids is 2. The van der Waals surface area contributed by atoms with E-state index in [2.05, 4.69) is 5.32 Å². The molecule has 26 heavy (non-hydrogen) atoms. The quantitative estimate of drug-likeness (QED) is 0.713. The minimum atomic E-state index is -0.535. The topological polar surface area (TPSA) is 77.4 Å². The van der Waals surface area contributed by atoms with Gasteiger partial charge in [-0.25, -0.2) is 4.79 Å². The molecule has 1 N–H and O–H groups in total. The molecule has 0 spiro atoms. The summed E-state index contributed by atoms with van der Waals surface area (Å²) in [7, 11) is 0. The third-order valence-corrected chi connectivity index (χ3v) is 5.39. The molecule has 0 aliphatic carbocycles. The standard InChI is InChI=1S/C18H22N2O4S2/c1-4-12(3)19-15(21)10-20-16(9-17(22)24-5-2)26-14(18(20)23)8-13-6-7-25-11-13/h6-9,11-12H,4-5,10H2,1-3H3,(H,19,21)/b14-8-,16-9-/t12-/m0/s1. The van der Waals surface area contributed by atoms with Crippen molar-refractivity contribution in [2.45, 2.75) is 39.8 Å². The van der Waals surface area contributed by atoms with Crippen LogP contribution in [0, 0.1) is 0 Å². The van der Waals surface area contributed by atoms with Crippen LogP contribution in [0.1, 0.15) is 32.8 Å². The summed E-state index contributed by atoms with van der Waals surface area (Å²) in [6.45, 7) is 5.68. The molecule has 0 aliphatic rings. The number of thiazole rings is 1. The zero-order chi connectivity index (χ0) is 19.1. The largest absolute Gasteiger partial charge is 0.463 e. The Morgan fingerprint density at radius 1 is 1.38 bits per heavy atom. The van der Waals surface area contributed by atoms with Gasteiger partial charge in [-0.2, -0.15) is 11.3 Å². The minimum absolute atomic E-state index is 0.0196. The molecule has 0 saturated carbocycles. The normalized spacial score (nSPS) is 13.7. The van der Waals surface area contributed by atoms with Gasteiger partial charge in [-0.15, -0.1) is 11.3 Å². The monoisotopic (exact) mass is 394 g/mol. The van der Waals surface area contributed by atoms with Gasteiger partial charge in [0.1, 0.15) is 11.2 Å². The fourth-order valence-corrected chi connectivity index (χ4v) is 3.80. The third kappa shape index (κ3) is 5.40. The van der Waals surface area contributed by atoms with E-state index in [1.165, 1.54) is 33.3 Å². The summed E-state index contributed by atoms with van der Waals surface area (Å²) in [5, 5.41) is 6.68. The van der Waals surface area contributed by atoms with Crippen molar-refractivity contribution in [3.63, 3.8) is 0 Å². The molecule has 0 aromatic carbocycles. The fraction of sp³-hybridized carbons (Fsp3) is 0.389. The predicted octanol–water partition coefficient (Wildman–Crippen LogP) is 1.06. The van der Waals surface area contributed by atoms with E-state index in [9.17, 15) is 14.4 Å². The van der Waals surface area contributed by atoms with Crippen LogP contribution in [0.2, 0.25) is 0 Å². The molecule has 0 bridgehead atoms. The van der Waals surface area contributed by atoms with Gasteiger partial charge in [0.25, 0.3) is 5.56 Å². The zero-order valence-corrected chi connectivity index (χ0v) is 16.6. The minimum Gasteiger partial charge on any atom is -0.463 e. The van der Waals surface area contributed by atoms with Gasteiger partial charge in [-0.05, 0) is 48.7 Å². The van der Waals surface area contributed by atoms with Crippen molar-refractivity contribution in [1.29, 1.82) is 0 Å². The number of carbonyl (C=O) groups is 2. The number of nitrogens with one attached hydrogen (secondary N) is 1. The van der Waals surface area contributed by atoms with Crippen LogP contribution in [-0.4, -0.2) is 29.1 Å². The Balaban J connectivity index is 2.46. The Morgan fingerprint density at radius 3 is 2.77 bits per heavy atom. The first kappa shape index (κ1) is 20.1. The number of amides is 1. The van der Waals surface area contributed by atoms with E-state index < -0.39 is 5.97 Å². The molecule has 0 radical (unpaired) electrons. The van der Waals surface area contributed by atoms with E-state index in [-0.39, 0.29) is 30.7 Å². The Labute approximate surface area is 159 Å². The molecule has 8 heteroatoms. The van der Waals surface area contributed by atoms with Crippen molar-refractivity contribution in [2.24, 2.45) is 0 Å². The smallest absolute Gasteiger partial charge is 0.333 e. The van der Waals surface area contributed by atoms with E-state index in [1.807, 2.05) is 30.7 Å². The zero-order valence-electron chi connectivity index (χ0n) is 15.0. The lowest BCUT2D eigenvalue weighted by Crippen LogP contribution is -2.41. The van der Waals surface area contributed by atoms with Gasteiger partial charge in [-0.3, -0.25) is 14.2 Å². The van der Waals surface area contributed by atoms with Gasteiger partial charge in [0, 0.05) is 6.04 Å². The number of nitrogens with zero attached hydrogens (tertiary/aromatic N) is 1. The van der Waals surface area contributed by atoms with Crippen molar-refractivity contribution < 1.29 is 14.3 Å². The first-order valence-corrected chi connectivity index (χ1v) is 10.1. The highest BCUT2D eigenvalue weighted by Crippen LogP contribution is 2.05. The van der Waals surface area contributed by atoms with Crippen LogP contribution in [0.15, 0.2) is 21.6 Å². The number of ether oxygens (including phenoxy) is 1. The van der Waals surface area contributed by atoms with E-state index in [1.54, 1.807) is 13.0 Å². The van der Waals surface area contributed by atoms with Gasteiger partial charge in [0.05, 0.1) is 17.2 Å². The van der Waals surface area contributed by atoms with E-state index >= 15 is 0 Å². The van der Waals surface area contributed by atoms with E-state index in [0.29, 0.717) is 9.20 Å². The lowest BCUT2D eigenvalue weighted by Gasteiger charge is -2.11. The molecule has 0 saturated heterocycles. The highest BCUT2D eigenvalue weighted by atomic mass is 32.1. The molecule has 0 fully saturated rings. The summed E-state index contributed by atoms with van der Waals surface area (Å²) in [5.41, 5.74) is 0.614. The van der Waals surface area contributed by atoms with Crippen LogP contribution in [0.3, 0.4) is 0 Å². The first-order valence-electron chi connectivity index (χ1n) is 8.36. The molecule has 0 aliphatic heterocycles. The number of rotatable bonds is 7. The second-order valence-electron chi connectivity index (χ2n) is 5.67. The van der Waals surface area contributed by atoms with Crippen molar-refractivity contribution in [3.05, 3.63) is 41.9 Å². The average molecular weight is 395 g/mol. The second-order valence-corrected chi connectivity index (χ2v) is 7.51. The number of esters is 1. The molecule has 2 aromatic rings. The summed E-state index contributed by atoms with van der Waals surface area (Å²) in [6.07, 6.45) is 3.81. The van der Waals surface area contributed by atoms with Crippen molar-refractivity contribution >= 4 is 46.7 Å². The van der Waals surface area contributed by atoms with Crippen molar-refractivity contribution in [2.75, 3.05) is 6.61 Å². The number of aromatic nitrogens is 1. The van der Waals surface area contributed by atoms with Crippen LogP contribution < -0.4 is 20.1 Å². The van der Waals surface area contributed by atoms with E-state index in [0.717, 1.165) is 12.0 Å². The Kier molecular flexibility index (Phi) is 7.35. The second kappa shape index (κ2) is 9.49. The van der Waals surface area contributed by atoms with Crippen molar-refractivity contribution in [1.82, 2.24) is 9.88 Å². The van der Waals surface area contributed by atoms with E-state index in [4.69, 9.17) is 4.74 Å². The summed E-state index contributed by atoms with van der Waals surface area (Å²) >= 11 is 2.70. The lowest BCUT2D eigenvalue weighted by atomic mass is 10.2. The SMILES string of the molecule is CCOC(=O)/C=c1\s/c(=C\c2ccsc2)c(=O)n1CC(=O)N[C@@H](C)CC. The highest BCUT2D eigenvalue weighted by Gasteiger charge is 2.12. The van der Waals surface area contributed by atoms with Gasteiger partial charge >= 0.3 is 5.97 Å². The van der Waals surface area contributed by atoms with Crippen LogP contribution in [0.4, 0.5) is 0 Å². The molecule has 1 atom stereocenters. The van der Waals surface area contributed by atoms with Gasteiger partial charge < -0.3 is 10.1 Å². The van der Waals surface area contributed by atoms with Crippen LogP contribution in [0.5, 0.6) is 0 Å². The fourth-order valence-electron chi connectivity index (χ4n) is 2.15. The van der Waals surface area contributed by atoms with Crippen LogP contribution >= 0.6 is 22.7 Å². The Hall–Kier alpha value is -2.19. The van der Waals surface area contributed by atoms with Crippen LogP contribution in [-0.2, 0) is 20.9 Å². The van der Waals surface area contributed by atoms with Gasteiger partial charge in [0.2, 0.25) is 5.91 Å². The summed E-state index contributed by atoms with van der Waals surface area (Å²) in [5.74, 6) is -0.799. The number of thiophene rings is 1. The molecular weight excluding hydrogens is 372 g/mol. The molecule has 1 amide bonds. The highest BCUT2D eigenvalue weighted by molar-refractivity contribution is 7.08. The predicted molar refractivity (Wildman–Crippen MR) is 105 cm³/mol. The maximum absolute atomic E-state index is 12.7. The first-order chi connectivity index (χ1) is 12.4. The maximum atomic E-state index is 12.7. The molecule has 2 aromatic heterocycles. The number of hydrogen-bond acceptors (Lipinski definition) is 6. The van der Waals surface area contributed by atoms with Crippen molar-refractivity contribution in [3.8, 4) is 0 Å². The molecule has 140 valence electrons. The molecule has 2 rings (SSSR count). The molecular formula is C18H22N2O4S2. The summed E-state index contributed by atoms with van der Waals surface area (Å²) < 4.78 is 7.11. The van der Waals surface area contributed by atoms with Gasteiger partial charge in [0.15, 0.2) is 0 Å². The molecule has 2 heterocycles. The number of hydrogen-bond donors (Lipinski definition) is 1. The molecule has 0 unspecified atom stereocenters. The Morgan fingerprint density at radius 2 is 2.15 bits per heavy atom. The van der Waals surface area contributed by atoms with Crippen LogP contribution in [0.25, 0.3) is 12.2 Å². The Bertz CT molecular complexity index is 926. The van der Waals surface area contributed by atoms with Gasteiger partial charge in [-0.1, -0.05) is 6.92 Å². The third-order valence-electron chi connectivity index (χ3n) is 3.63. The lowest BCUT2D eigenvalue weighted by molar-refractivity contribution is -0.135. The summed E-state index contributed by atoms with van der Waals surface area (Å²) in [4.78, 5) is 36.8. The molecule has 6 nitrogen and oxygen atoms in total. The average Bonchev–Trinajstić information content (AvgIpc) is 3.19. The maximum Gasteiger partial charge on any atom is 0.333 e.